The molecule has 0 aromatic carbocycles. The molecule has 0 amide bonds. The smallest absolute Gasteiger partial charge is 0.214 e. The number of hydrogen-bond donors (Lipinski definition) is 2. The Morgan fingerprint density at radius 2 is 2.08 bits per heavy atom. The van der Waals surface area contributed by atoms with Gasteiger partial charge in [0.15, 0.2) is 0 Å². The van der Waals surface area contributed by atoms with Crippen molar-refractivity contribution in [1.29, 1.82) is 0 Å². The molecule has 0 saturated carbocycles. The van der Waals surface area contributed by atoms with Gasteiger partial charge in [-0.1, -0.05) is 0 Å². The average molecular weight is 209 g/mol. The Balaban J connectivity index is 2.58. The fourth-order valence-electron chi connectivity index (χ4n) is 1.00. The number of aliphatic hydroxyl groups is 1. The molecule has 78 valence electrons. The van der Waals surface area contributed by atoms with Crippen LogP contribution < -0.4 is 4.72 Å². The van der Waals surface area contributed by atoms with E-state index in [1.807, 2.05) is 0 Å². The summed E-state index contributed by atoms with van der Waals surface area (Å²) >= 11 is 0. The van der Waals surface area contributed by atoms with Gasteiger partial charge < -0.3 is 9.84 Å². The molecule has 6 heteroatoms. The summed E-state index contributed by atoms with van der Waals surface area (Å²) in [5.74, 6) is 0. The summed E-state index contributed by atoms with van der Waals surface area (Å²) in [5.41, 5.74) is 0. The summed E-state index contributed by atoms with van der Waals surface area (Å²) in [5, 5.41) is 8.80. The highest BCUT2D eigenvalue weighted by Gasteiger charge is 2.30. The van der Waals surface area contributed by atoms with Crippen LogP contribution in [0.2, 0.25) is 0 Å². The minimum atomic E-state index is -3.30. The third kappa shape index (κ3) is 2.63. The van der Waals surface area contributed by atoms with E-state index in [-0.39, 0.29) is 13.2 Å². The molecule has 2 N–H and O–H groups in total. The second-order valence-corrected chi connectivity index (χ2v) is 5.69. The zero-order valence-electron chi connectivity index (χ0n) is 7.73. The lowest BCUT2D eigenvalue weighted by atomic mass is 10.2. The molecule has 1 aliphatic rings. The molecule has 0 radical (unpaired) electrons. The Kier molecular flexibility index (Phi) is 3.28. The molecule has 1 aliphatic heterocycles. The van der Waals surface area contributed by atoms with Crippen molar-refractivity contribution in [1.82, 2.24) is 4.72 Å². The maximum absolute atomic E-state index is 11.4. The first kappa shape index (κ1) is 10.9. The van der Waals surface area contributed by atoms with Crippen LogP contribution in [0.25, 0.3) is 0 Å². The third-order valence-corrected chi connectivity index (χ3v) is 3.86. The van der Waals surface area contributed by atoms with Gasteiger partial charge in [0, 0.05) is 0 Å². The molecule has 2 unspecified atom stereocenters. The molecule has 0 bridgehead atoms. The highest BCUT2D eigenvalue weighted by Crippen LogP contribution is 2.08. The van der Waals surface area contributed by atoms with Crippen molar-refractivity contribution in [3.05, 3.63) is 0 Å². The maximum Gasteiger partial charge on any atom is 0.214 e. The molecule has 13 heavy (non-hydrogen) atoms. The maximum atomic E-state index is 11.4. The molecule has 2 atom stereocenters. The molecular formula is C7H15NO4S. The Morgan fingerprint density at radius 1 is 1.46 bits per heavy atom. The van der Waals surface area contributed by atoms with Gasteiger partial charge in [-0.05, 0) is 13.8 Å². The summed E-state index contributed by atoms with van der Waals surface area (Å²) in [7, 11) is -3.30. The lowest BCUT2D eigenvalue weighted by Crippen LogP contribution is -2.45. The van der Waals surface area contributed by atoms with Crippen LogP contribution in [-0.4, -0.2) is 44.1 Å². The molecule has 0 aromatic rings. The van der Waals surface area contributed by atoms with Crippen molar-refractivity contribution in [3.8, 4) is 0 Å². The van der Waals surface area contributed by atoms with Crippen molar-refractivity contribution in [2.45, 2.75) is 31.2 Å². The number of aliphatic hydroxyl groups excluding tert-OH is 1. The van der Waals surface area contributed by atoms with Gasteiger partial charge in [0.2, 0.25) is 10.0 Å². The first-order chi connectivity index (χ1) is 5.93. The van der Waals surface area contributed by atoms with Crippen molar-refractivity contribution in [2.75, 3.05) is 13.2 Å². The van der Waals surface area contributed by atoms with Gasteiger partial charge in [-0.3, -0.25) is 0 Å². The third-order valence-electron chi connectivity index (χ3n) is 1.99. The van der Waals surface area contributed by atoms with Crippen molar-refractivity contribution in [3.63, 3.8) is 0 Å². The Hall–Kier alpha value is -0.170. The van der Waals surface area contributed by atoms with Crippen LogP contribution in [0.3, 0.4) is 0 Å². The van der Waals surface area contributed by atoms with E-state index in [9.17, 15) is 13.5 Å². The van der Waals surface area contributed by atoms with E-state index >= 15 is 0 Å². The monoisotopic (exact) mass is 209 g/mol. The summed E-state index contributed by atoms with van der Waals surface area (Å²) in [6, 6.07) is -0.493. The zero-order valence-corrected chi connectivity index (χ0v) is 8.54. The molecular weight excluding hydrogens is 194 g/mol. The average Bonchev–Trinajstić information content (AvgIpc) is 2.35. The predicted molar refractivity (Wildman–Crippen MR) is 47.8 cm³/mol. The quantitative estimate of drug-likeness (QED) is 0.630. The Morgan fingerprint density at radius 3 is 2.46 bits per heavy atom. The van der Waals surface area contributed by atoms with Gasteiger partial charge in [-0.25, -0.2) is 13.1 Å². The van der Waals surface area contributed by atoms with Gasteiger partial charge in [-0.15, -0.1) is 0 Å². The highest BCUT2D eigenvalue weighted by atomic mass is 32.2. The molecule has 0 aromatic heterocycles. The number of ether oxygens (including phenoxy) is 1. The van der Waals surface area contributed by atoms with Gasteiger partial charge in [-0.2, -0.15) is 0 Å². The molecule has 1 rings (SSSR count). The number of sulfonamides is 1. The van der Waals surface area contributed by atoms with E-state index in [0.717, 1.165) is 0 Å². The van der Waals surface area contributed by atoms with Gasteiger partial charge in [0.1, 0.15) is 0 Å². The number of rotatable bonds is 3. The largest absolute Gasteiger partial charge is 0.389 e. The van der Waals surface area contributed by atoms with Crippen molar-refractivity contribution >= 4 is 10.0 Å². The standard InChI is InChI=1S/C7H15NO4S/c1-5(2)13(10,11)8-6-3-12-4-7(6)9/h5-9H,3-4H2,1-2H3. The van der Waals surface area contributed by atoms with Crippen molar-refractivity contribution < 1.29 is 18.3 Å². The van der Waals surface area contributed by atoms with E-state index in [0.29, 0.717) is 0 Å². The topological polar surface area (TPSA) is 75.6 Å². The molecule has 1 fully saturated rings. The van der Waals surface area contributed by atoms with E-state index < -0.39 is 27.4 Å². The molecule has 5 nitrogen and oxygen atoms in total. The van der Waals surface area contributed by atoms with Crippen LogP contribution in [0.4, 0.5) is 0 Å². The van der Waals surface area contributed by atoms with E-state index in [1.54, 1.807) is 13.8 Å². The van der Waals surface area contributed by atoms with Gasteiger partial charge in [0.05, 0.1) is 30.6 Å². The first-order valence-corrected chi connectivity index (χ1v) is 5.75. The molecule has 0 aliphatic carbocycles. The van der Waals surface area contributed by atoms with Crippen LogP contribution in [0.1, 0.15) is 13.8 Å². The number of nitrogens with one attached hydrogen (secondary N) is 1. The minimum absolute atomic E-state index is 0.200. The summed E-state index contributed by atoms with van der Waals surface area (Å²) in [6.07, 6.45) is -0.728. The van der Waals surface area contributed by atoms with Gasteiger partial charge >= 0.3 is 0 Å². The molecule has 1 saturated heterocycles. The fourth-order valence-corrected chi connectivity index (χ4v) is 1.92. The van der Waals surface area contributed by atoms with E-state index in [1.165, 1.54) is 0 Å². The number of hydrogen-bond acceptors (Lipinski definition) is 4. The first-order valence-electron chi connectivity index (χ1n) is 4.20. The van der Waals surface area contributed by atoms with Crippen molar-refractivity contribution in [2.24, 2.45) is 0 Å². The van der Waals surface area contributed by atoms with Crippen LogP contribution in [-0.2, 0) is 14.8 Å². The lowest BCUT2D eigenvalue weighted by Gasteiger charge is -2.16. The van der Waals surface area contributed by atoms with E-state index in [4.69, 9.17) is 4.74 Å². The summed E-state index contributed by atoms with van der Waals surface area (Å²) in [6.45, 7) is 3.62. The van der Waals surface area contributed by atoms with Crippen LogP contribution in [0.15, 0.2) is 0 Å². The second-order valence-electron chi connectivity index (χ2n) is 3.42. The molecule has 1 heterocycles. The minimum Gasteiger partial charge on any atom is -0.389 e. The van der Waals surface area contributed by atoms with Crippen LogP contribution >= 0.6 is 0 Å². The zero-order chi connectivity index (χ0) is 10.1. The second kappa shape index (κ2) is 3.91. The summed E-state index contributed by atoms with van der Waals surface area (Å²) in [4.78, 5) is 0. The van der Waals surface area contributed by atoms with Crippen LogP contribution in [0, 0.1) is 0 Å². The predicted octanol–water partition coefficient (Wildman–Crippen LogP) is -0.926. The summed E-state index contributed by atoms with van der Waals surface area (Å²) < 4.78 is 30.0. The fraction of sp³-hybridized carbons (Fsp3) is 1.00. The van der Waals surface area contributed by atoms with E-state index in [2.05, 4.69) is 4.72 Å². The lowest BCUT2D eigenvalue weighted by molar-refractivity contribution is 0.124. The SMILES string of the molecule is CC(C)S(=O)(=O)NC1COCC1O. The van der Waals surface area contributed by atoms with Gasteiger partial charge in [0.25, 0.3) is 0 Å². The Bertz CT molecular complexity index is 262. The normalized spacial score (nSPS) is 29.8. The van der Waals surface area contributed by atoms with Crippen LogP contribution in [0.5, 0.6) is 0 Å². The molecule has 0 spiro atoms. The Labute approximate surface area is 78.1 Å². The highest BCUT2D eigenvalue weighted by molar-refractivity contribution is 7.90.